The van der Waals surface area contributed by atoms with E-state index < -0.39 is 0 Å². The fourth-order valence-electron chi connectivity index (χ4n) is 2.44. The zero-order valence-electron chi connectivity index (χ0n) is 10.7. The van der Waals surface area contributed by atoms with Gasteiger partial charge in [0.1, 0.15) is 0 Å². The summed E-state index contributed by atoms with van der Waals surface area (Å²) in [7, 11) is 0. The summed E-state index contributed by atoms with van der Waals surface area (Å²) in [5.74, 6) is 1.64. The lowest BCUT2D eigenvalue weighted by molar-refractivity contribution is 0.0417. The van der Waals surface area contributed by atoms with E-state index in [1.807, 2.05) is 6.92 Å². The maximum absolute atomic E-state index is 9.59. The Hall–Kier alpha value is -0.120. The lowest BCUT2D eigenvalue weighted by Gasteiger charge is -2.29. The van der Waals surface area contributed by atoms with E-state index in [0.717, 1.165) is 18.4 Å². The van der Waals surface area contributed by atoms with Crippen LogP contribution < -0.4 is 5.32 Å². The van der Waals surface area contributed by atoms with Crippen molar-refractivity contribution in [1.82, 2.24) is 5.32 Å². The molecule has 0 aliphatic heterocycles. The van der Waals surface area contributed by atoms with E-state index in [1.165, 1.54) is 25.7 Å². The molecule has 0 aromatic rings. The molecule has 3 heteroatoms. The molecular formula is C13H27NO2. The third kappa shape index (κ3) is 5.28. The largest absolute Gasteiger partial charge is 0.389 e. The van der Waals surface area contributed by atoms with E-state index in [-0.39, 0.29) is 6.10 Å². The molecule has 0 saturated heterocycles. The molecule has 3 atom stereocenters. The molecule has 1 aliphatic rings. The molecule has 1 fully saturated rings. The van der Waals surface area contributed by atoms with Crippen LogP contribution in [-0.4, -0.2) is 37.5 Å². The monoisotopic (exact) mass is 229 g/mol. The van der Waals surface area contributed by atoms with Gasteiger partial charge >= 0.3 is 0 Å². The molecule has 3 nitrogen and oxygen atoms in total. The van der Waals surface area contributed by atoms with Crippen LogP contribution in [-0.2, 0) is 4.74 Å². The van der Waals surface area contributed by atoms with E-state index in [2.05, 4.69) is 12.2 Å². The maximum atomic E-state index is 9.59. The molecule has 0 amide bonds. The van der Waals surface area contributed by atoms with Gasteiger partial charge in [0.25, 0.3) is 0 Å². The van der Waals surface area contributed by atoms with Crippen molar-refractivity contribution >= 4 is 0 Å². The van der Waals surface area contributed by atoms with Crippen LogP contribution in [0.15, 0.2) is 0 Å². The fourth-order valence-corrected chi connectivity index (χ4v) is 2.44. The molecule has 1 saturated carbocycles. The second-order valence-electron chi connectivity index (χ2n) is 4.99. The smallest absolute Gasteiger partial charge is 0.0897 e. The topological polar surface area (TPSA) is 41.5 Å². The van der Waals surface area contributed by atoms with Crippen molar-refractivity contribution in [3.05, 3.63) is 0 Å². The number of hydrogen-bond donors (Lipinski definition) is 2. The van der Waals surface area contributed by atoms with Gasteiger partial charge in [-0.25, -0.2) is 0 Å². The predicted octanol–water partition coefficient (Wildman–Crippen LogP) is 1.80. The molecular weight excluding hydrogens is 202 g/mol. The molecule has 0 spiro atoms. The molecule has 0 heterocycles. The third-order valence-corrected chi connectivity index (χ3v) is 3.59. The molecule has 1 aliphatic carbocycles. The molecule has 0 bridgehead atoms. The van der Waals surface area contributed by atoms with Gasteiger partial charge in [-0.15, -0.1) is 0 Å². The molecule has 16 heavy (non-hydrogen) atoms. The van der Waals surface area contributed by atoms with Gasteiger partial charge in [0.05, 0.1) is 12.7 Å². The number of aliphatic hydroxyl groups is 1. The van der Waals surface area contributed by atoms with Crippen molar-refractivity contribution < 1.29 is 9.84 Å². The Labute approximate surface area is 99.6 Å². The van der Waals surface area contributed by atoms with Crippen molar-refractivity contribution in [1.29, 1.82) is 0 Å². The molecule has 2 N–H and O–H groups in total. The van der Waals surface area contributed by atoms with Crippen molar-refractivity contribution in [3.8, 4) is 0 Å². The number of ether oxygens (including phenoxy) is 1. The van der Waals surface area contributed by atoms with Crippen LogP contribution in [0.5, 0.6) is 0 Å². The highest BCUT2D eigenvalue weighted by Crippen LogP contribution is 2.28. The summed E-state index contributed by atoms with van der Waals surface area (Å²) in [4.78, 5) is 0. The summed E-state index contributed by atoms with van der Waals surface area (Å²) in [6.45, 7) is 7.12. The minimum Gasteiger partial charge on any atom is -0.389 e. The van der Waals surface area contributed by atoms with Gasteiger partial charge in [0.2, 0.25) is 0 Å². The zero-order valence-corrected chi connectivity index (χ0v) is 10.7. The van der Waals surface area contributed by atoms with Crippen LogP contribution in [0.1, 0.15) is 39.5 Å². The molecule has 0 radical (unpaired) electrons. The summed E-state index contributed by atoms with van der Waals surface area (Å²) in [6, 6.07) is 0. The van der Waals surface area contributed by atoms with E-state index in [4.69, 9.17) is 4.74 Å². The van der Waals surface area contributed by atoms with Crippen LogP contribution >= 0.6 is 0 Å². The Bertz CT molecular complexity index is 175. The quantitative estimate of drug-likeness (QED) is 0.699. The minimum atomic E-state index is -0.362. The van der Waals surface area contributed by atoms with Gasteiger partial charge < -0.3 is 15.2 Å². The Morgan fingerprint density at radius 3 is 2.81 bits per heavy atom. The first kappa shape index (κ1) is 13.9. The third-order valence-electron chi connectivity index (χ3n) is 3.59. The normalized spacial score (nSPS) is 27.9. The first-order valence-corrected chi connectivity index (χ1v) is 6.70. The summed E-state index contributed by atoms with van der Waals surface area (Å²) in [5, 5.41) is 13.0. The SMILES string of the molecule is CCOCC(O)CNCC1CCCCC1C. The summed E-state index contributed by atoms with van der Waals surface area (Å²) < 4.78 is 5.17. The lowest BCUT2D eigenvalue weighted by Crippen LogP contribution is -2.36. The molecule has 0 aromatic heterocycles. The number of hydrogen-bond acceptors (Lipinski definition) is 3. The second-order valence-corrected chi connectivity index (χ2v) is 4.99. The van der Waals surface area contributed by atoms with E-state index >= 15 is 0 Å². The zero-order chi connectivity index (χ0) is 11.8. The Balaban J connectivity index is 2.05. The van der Waals surface area contributed by atoms with Gasteiger partial charge in [0.15, 0.2) is 0 Å². The maximum Gasteiger partial charge on any atom is 0.0897 e. The van der Waals surface area contributed by atoms with Crippen LogP contribution in [0, 0.1) is 11.8 Å². The van der Waals surface area contributed by atoms with Crippen molar-refractivity contribution in [2.24, 2.45) is 11.8 Å². The van der Waals surface area contributed by atoms with Gasteiger partial charge in [-0.1, -0.05) is 26.2 Å². The molecule has 3 unspecified atom stereocenters. The van der Waals surface area contributed by atoms with Crippen molar-refractivity contribution in [2.75, 3.05) is 26.3 Å². The average molecular weight is 229 g/mol. The summed E-state index contributed by atoms with van der Waals surface area (Å²) in [6.07, 6.45) is 5.12. The number of rotatable bonds is 7. The Morgan fingerprint density at radius 2 is 2.12 bits per heavy atom. The van der Waals surface area contributed by atoms with E-state index in [0.29, 0.717) is 19.8 Å². The summed E-state index contributed by atoms with van der Waals surface area (Å²) in [5.41, 5.74) is 0. The van der Waals surface area contributed by atoms with Gasteiger partial charge in [-0.05, 0) is 31.7 Å². The van der Waals surface area contributed by atoms with Gasteiger partial charge in [-0.3, -0.25) is 0 Å². The Morgan fingerprint density at radius 1 is 1.38 bits per heavy atom. The number of nitrogens with one attached hydrogen (secondary N) is 1. The molecule has 96 valence electrons. The van der Waals surface area contributed by atoms with Gasteiger partial charge in [-0.2, -0.15) is 0 Å². The average Bonchev–Trinajstić information content (AvgIpc) is 2.29. The lowest BCUT2D eigenvalue weighted by atomic mass is 9.80. The van der Waals surface area contributed by atoms with Crippen molar-refractivity contribution in [2.45, 2.75) is 45.6 Å². The van der Waals surface area contributed by atoms with Crippen LogP contribution in [0.4, 0.5) is 0 Å². The van der Waals surface area contributed by atoms with E-state index in [9.17, 15) is 5.11 Å². The second kappa shape index (κ2) is 8.04. The first-order valence-electron chi connectivity index (χ1n) is 6.70. The highest BCUT2D eigenvalue weighted by molar-refractivity contribution is 4.74. The van der Waals surface area contributed by atoms with Gasteiger partial charge in [0, 0.05) is 13.2 Å². The van der Waals surface area contributed by atoms with E-state index in [1.54, 1.807) is 0 Å². The minimum absolute atomic E-state index is 0.362. The predicted molar refractivity (Wildman–Crippen MR) is 66.5 cm³/mol. The standard InChI is InChI=1S/C13H27NO2/c1-3-16-10-13(15)9-14-8-12-7-5-4-6-11(12)2/h11-15H,3-10H2,1-2H3. The van der Waals surface area contributed by atoms with Crippen molar-refractivity contribution in [3.63, 3.8) is 0 Å². The first-order chi connectivity index (χ1) is 7.74. The van der Waals surface area contributed by atoms with Crippen LogP contribution in [0.25, 0.3) is 0 Å². The molecule has 0 aromatic carbocycles. The van der Waals surface area contributed by atoms with Crippen LogP contribution in [0.2, 0.25) is 0 Å². The highest BCUT2D eigenvalue weighted by Gasteiger charge is 2.20. The summed E-state index contributed by atoms with van der Waals surface area (Å²) >= 11 is 0. The van der Waals surface area contributed by atoms with Crippen LogP contribution in [0.3, 0.4) is 0 Å². The highest BCUT2D eigenvalue weighted by atomic mass is 16.5. The number of aliphatic hydroxyl groups excluding tert-OH is 1. The molecule has 1 rings (SSSR count). The fraction of sp³-hybridized carbons (Fsp3) is 1.00. The Kier molecular flexibility index (Phi) is 7.01.